The van der Waals surface area contributed by atoms with Crippen LogP contribution in [-0.2, 0) is 11.2 Å². The van der Waals surface area contributed by atoms with E-state index >= 15 is 0 Å². The number of rotatable bonds is 8. The number of benzene rings is 3. The van der Waals surface area contributed by atoms with Gasteiger partial charge in [0.15, 0.2) is 0 Å². The molecule has 7 nitrogen and oxygen atoms in total. The van der Waals surface area contributed by atoms with Gasteiger partial charge in [-0.25, -0.2) is 0 Å². The molecule has 0 aliphatic carbocycles. The molecule has 0 saturated carbocycles. The van der Waals surface area contributed by atoms with E-state index in [1.165, 1.54) is 0 Å². The number of carbonyl (C=O) groups is 1. The minimum absolute atomic E-state index is 0.0127. The maximum Gasteiger partial charge on any atom is 0.315 e. The molecule has 3 aromatic rings. The Bertz CT molecular complexity index is 1300. The van der Waals surface area contributed by atoms with E-state index < -0.39 is 11.9 Å². The lowest BCUT2D eigenvalue weighted by atomic mass is 9.83. The number of esters is 1. The van der Waals surface area contributed by atoms with Gasteiger partial charge in [0.1, 0.15) is 41.2 Å². The first-order chi connectivity index (χ1) is 17.0. The zero-order valence-electron chi connectivity index (χ0n) is 19.2. The molecule has 1 atom stereocenters. The highest BCUT2D eigenvalue weighted by atomic mass is 16.5. The summed E-state index contributed by atoms with van der Waals surface area (Å²) in [7, 11) is 1.58. The van der Waals surface area contributed by atoms with Crippen LogP contribution in [-0.4, -0.2) is 19.7 Å². The molecular weight excluding hydrogens is 444 g/mol. The SMILES string of the molecule is C=CCOc1ccc(C2C(C#N)=C(N)Oc3cc(OC(=O)Cc4ccc(OC)cc4)ccc32)cc1. The lowest BCUT2D eigenvalue weighted by molar-refractivity contribution is -0.133. The molecule has 0 aromatic heterocycles. The monoisotopic (exact) mass is 468 g/mol. The summed E-state index contributed by atoms with van der Waals surface area (Å²) >= 11 is 0. The van der Waals surface area contributed by atoms with Crippen molar-refractivity contribution in [2.75, 3.05) is 13.7 Å². The molecule has 1 aliphatic heterocycles. The first-order valence-corrected chi connectivity index (χ1v) is 10.9. The Morgan fingerprint density at radius 3 is 2.43 bits per heavy atom. The van der Waals surface area contributed by atoms with Crippen LogP contribution in [0.5, 0.6) is 23.0 Å². The smallest absolute Gasteiger partial charge is 0.315 e. The molecule has 0 spiro atoms. The highest BCUT2D eigenvalue weighted by Crippen LogP contribution is 2.43. The van der Waals surface area contributed by atoms with Gasteiger partial charge in [0.2, 0.25) is 5.88 Å². The molecule has 1 unspecified atom stereocenters. The molecule has 176 valence electrons. The highest BCUT2D eigenvalue weighted by molar-refractivity contribution is 5.75. The van der Waals surface area contributed by atoms with Gasteiger partial charge >= 0.3 is 5.97 Å². The molecular formula is C28H24N2O5. The third-order valence-electron chi connectivity index (χ3n) is 5.51. The summed E-state index contributed by atoms with van der Waals surface area (Å²) < 4.78 is 21.9. The average Bonchev–Trinajstić information content (AvgIpc) is 2.87. The molecule has 7 heteroatoms. The average molecular weight is 469 g/mol. The highest BCUT2D eigenvalue weighted by Gasteiger charge is 2.31. The Balaban J connectivity index is 1.56. The summed E-state index contributed by atoms with van der Waals surface area (Å²) in [5.74, 6) is 1.31. The van der Waals surface area contributed by atoms with Gasteiger partial charge in [-0.15, -0.1) is 0 Å². The molecule has 35 heavy (non-hydrogen) atoms. The summed E-state index contributed by atoms with van der Waals surface area (Å²) in [5.41, 5.74) is 8.79. The van der Waals surface area contributed by atoms with Gasteiger partial charge in [-0.2, -0.15) is 5.26 Å². The second-order valence-corrected chi connectivity index (χ2v) is 7.79. The Kier molecular flexibility index (Phi) is 7.03. The zero-order chi connectivity index (χ0) is 24.8. The number of methoxy groups -OCH3 is 1. The maximum atomic E-state index is 12.5. The second kappa shape index (κ2) is 10.5. The van der Waals surface area contributed by atoms with Gasteiger partial charge in [-0.05, 0) is 41.5 Å². The van der Waals surface area contributed by atoms with Crippen LogP contribution in [0, 0.1) is 11.3 Å². The van der Waals surface area contributed by atoms with E-state index in [4.69, 9.17) is 24.7 Å². The molecule has 0 radical (unpaired) electrons. The fourth-order valence-corrected chi connectivity index (χ4v) is 3.83. The van der Waals surface area contributed by atoms with Gasteiger partial charge in [0, 0.05) is 11.6 Å². The third-order valence-corrected chi connectivity index (χ3v) is 5.51. The van der Waals surface area contributed by atoms with Crippen LogP contribution in [0.15, 0.2) is 90.8 Å². The van der Waals surface area contributed by atoms with E-state index in [0.717, 1.165) is 16.7 Å². The molecule has 4 rings (SSSR count). The number of nitriles is 1. The van der Waals surface area contributed by atoms with Crippen LogP contribution in [0.2, 0.25) is 0 Å². The Morgan fingerprint density at radius 1 is 1.09 bits per heavy atom. The number of nitrogens with two attached hydrogens (primary N) is 1. The summed E-state index contributed by atoms with van der Waals surface area (Å²) in [5, 5.41) is 9.76. The van der Waals surface area contributed by atoms with E-state index in [0.29, 0.717) is 35.2 Å². The Hall–Kier alpha value is -4.70. The van der Waals surface area contributed by atoms with Crippen molar-refractivity contribution in [2.45, 2.75) is 12.3 Å². The summed E-state index contributed by atoms with van der Waals surface area (Å²) in [6.07, 6.45) is 1.77. The summed E-state index contributed by atoms with van der Waals surface area (Å²) in [4.78, 5) is 12.5. The van der Waals surface area contributed by atoms with Crippen molar-refractivity contribution >= 4 is 5.97 Å². The number of hydrogen-bond donors (Lipinski definition) is 1. The fraction of sp³-hybridized carbons (Fsp3) is 0.143. The van der Waals surface area contributed by atoms with Gasteiger partial charge in [-0.1, -0.05) is 43.0 Å². The third kappa shape index (κ3) is 5.28. The summed E-state index contributed by atoms with van der Waals surface area (Å²) in [6.45, 7) is 4.04. The van der Waals surface area contributed by atoms with Gasteiger partial charge in [0.05, 0.1) is 19.4 Å². The molecule has 1 heterocycles. The molecule has 0 fully saturated rings. The predicted octanol–water partition coefficient (Wildman–Crippen LogP) is 4.63. The summed E-state index contributed by atoms with van der Waals surface area (Å²) in [6, 6.07) is 21.8. The second-order valence-electron chi connectivity index (χ2n) is 7.79. The molecule has 0 amide bonds. The van der Waals surface area contributed by atoms with Gasteiger partial charge in [0.25, 0.3) is 0 Å². The minimum Gasteiger partial charge on any atom is -0.497 e. The molecule has 0 bridgehead atoms. The van der Waals surface area contributed by atoms with Crippen LogP contribution >= 0.6 is 0 Å². The van der Waals surface area contributed by atoms with Crippen LogP contribution in [0.3, 0.4) is 0 Å². The lowest BCUT2D eigenvalue weighted by Gasteiger charge is -2.26. The molecule has 0 saturated heterocycles. The quantitative estimate of drug-likeness (QED) is 0.292. The van der Waals surface area contributed by atoms with Crippen molar-refractivity contribution in [2.24, 2.45) is 5.73 Å². The maximum absolute atomic E-state index is 12.5. The van der Waals surface area contributed by atoms with E-state index in [1.54, 1.807) is 43.5 Å². The fourth-order valence-electron chi connectivity index (χ4n) is 3.83. The lowest BCUT2D eigenvalue weighted by Crippen LogP contribution is -2.21. The van der Waals surface area contributed by atoms with Crippen molar-refractivity contribution in [3.8, 4) is 29.1 Å². The molecule has 3 aromatic carbocycles. The number of ether oxygens (including phenoxy) is 4. The topological polar surface area (TPSA) is 104 Å². The van der Waals surface area contributed by atoms with Crippen molar-refractivity contribution in [1.29, 1.82) is 5.26 Å². The Morgan fingerprint density at radius 2 is 1.77 bits per heavy atom. The molecule has 1 aliphatic rings. The van der Waals surface area contributed by atoms with Crippen molar-refractivity contribution in [3.05, 3.63) is 108 Å². The number of nitrogens with zero attached hydrogens (tertiary/aromatic N) is 1. The van der Waals surface area contributed by atoms with E-state index in [9.17, 15) is 10.1 Å². The minimum atomic E-state index is -0.429. The van der Waals surface area contributed by atoms with Gasteiger partial charge in [-0.3, -0.25) is 4.79 Å². The van der Waals surface area contributed by atoms with Crippen molar-refractivity contribution in [3.63, 3.8) is 0 Å². The normalized spacial score (nSPS) is 14.2. The van der Waals surface area contributed by atoms with Crippen LogP contribution in [0.4, 0.5) is 0 Å². The van der Waals surface area contributed by atoms with Crippen LogP contribution in [0.25, 0.3) is 0 Å². The first-order valence-electron chi connectivity index (χ1n) is 10.9. The van der Waals surface area contributed by atoms with Gasteiger partial charge < -0.3 is 24.7 Å². The predicted molar refractivity (Wildman–Crippen MR) is 130 cm³/mol. The van der Waals surface area contributed by atoms with Crippen LogP contribution in [0.1, 0.15) is 22.6 Å². The van der Waals surface area contributed by atoms with E-state index in [1.807, 2.05) is 36.4 Å². The largest absolute Gasteiger partial charge is 0.497 e. The zero-order valence-corrected chi connectivity index (χ0v) is 19.2. The number of carbonyl (C=O) groups excluding carboxylic acids is 1. The first kappa shape index (κ1) is 23.5. The number of hydrogen-bond acceptors (Lipinski definition) is 7. The van der Waals surface area contributed by atoms with E-state index in [2.05, 4.69) is 12.6 Å². The number of fused-ring (bicyclic) bond motifs is 1. The standard InChI is InChI=1S/C28H24N2O5/c1-3-14-33-21-10-6-19(7-11-21)27-23-13-12-22(16-25(23)35-28(30)24(27)17-29)34-26(31)15-18-4-8-20(32-2)9-5-18/h3-13,16,27H,1,14-15,30H2,2H3. The van der Waals surface area contributed by atoms with Crippen molar-refractivity contribution < 1.29 is 23.7 Å². The van der Waals surface area contributed by atoms with E-state index in [-0.39, 0.29) is 12.3 Å². The molecule has 2 N–H and O–H groups in total. The number of allylic oxidation sites excluding steroid dienone is 1. The Labute approximate surface area is 203 Å². The van der Waals surface area contributed by atoms with Crippen molar-refractivity contribution in [1.82, 2.24) is 0 Å². The van der Waals surface area contributed by atoms with Crippen LogP contribution < -0.4 is 24.7 Å².